The Kier molecular flexibility index (Phi) is 4.92. The van der Waals surface area contributed by atoms with Crippen molar-refractivity contribution in [2.45, 2.75) is 18.9 Å². The highest BCUT2D eigenvalue weighted by Crippen LogP contribution is 2.35. The molecule has 2 N–H and O–H groups in total. The second-order valence-electron chi connectivity index (χ2n) is 6.24. The first-order chi connectivity index (χ1) is 13.1. The Balaban J connectivity index is 1.39. The zero-order valence-corrected chi connectivity index (χ0v) is 15.8. The van der Waals surface area contributed by atoms with Crippen molar-refractivity contribution >= 4 is 40.4 Å². The molecule has 0 aliphatic heterocycles. The van der Waals surface area contributed by atoms with Gasteiger partial charge in [0.25, 0.3) is 0 Å². The van der Waals surface area contributed by atoms with E-state index < -0.39 is 11.8 Å². The zero-order valence-electron chi connectivity index (χ0n) is 14.2. The lowest BCUT2D eigenvalue weighted by Crippen LogP contribution is -2.37. The van der Waals surface area contributed by atoms with Crippen molar-refractivity contribution in [2.75, 3.05) is 5.32 Å². The van der Waals surface area contributed by atoms with Crippen LogP contribution >= 0.6 is 22.9 Å². The molecule has 136 valence electrons. The molecule has 2 amide bonds. The molecule has 0 spiro atoms. The number of hydrogen-bond donors (Lipinski definition) is 2. The Labute approximate surface area is 165 Å². The number of anilines is 1. The molecule has 2 aromatic carbocycles. The van der Waals surface area contributed by atoms with Gasteiger partial charge in [0.2, 0.25) is 0 Å². The number of carbonyl (C=O) groups is 2. The summed E-state index contributed by atoms with van der Waals surface area (Å²) in [6, 6.07) is 12.7. The van der Waals surface area contributed by atoms with E-state index in [-0.39, 0.29) is 6.04 Å². The number of fused-ring (bicyclic) bond motifs is 1. The molecule has 0 bridgehead atoms. The lowest BCUT2D eigenvalue weighted by molar-refractivity contribution is -0.136. The Morgan fingerprint density at radius 2 is 1.93 bits per heavy atom. The molecule has 5 nitrogen and oxygen atoms in total. The van der Waals surface area contributed by atoms with Crippen molar-refractivity contribution in [1.82, 2.24) is 10.3 Å². The van der Waals surface area contributed by atoms with Crippen molar-refractivity contribution in [2.24, 2.45) is 0 Å². The van der Waals surface area contributed by atoms with E-state index in [0.29, 0.717) is 10.7 Å². The molecule has 0 saturated heterocycles. The van der Waals surface area contributed by atoms with Gasteiger partial charge in [0.15, 0.2) is 0 Å². The van der Waals surface area contributed by atoms with Gasteiger partial charge in [0.05, 0.1) is 6.04 Å². The molecular weight excluding hydrogens is 382 g/mol. The van der Waals surface area contributed by atoms with Crippen LogP contribution in [0, 0.1) is 0 Å². The van der Waals surface area contributed by atoms with Crippen molar-refractivity contribution in [3.8, 4) is 10.6 Å². The average Bonchev–Trinajstić information content (AvgIpc) is 3.34. The molecule has 1 aliphatic carbocycles. The fraction of sp³-hybridized carbons (Fsp3) is 0.150. The van der Waals surface area contributed by atoms with E-state index in [1.165, 1.54) is 0 Å². The predicted octanol–water partition coefficient (Wildman–Crippen LogP) is 4.21. The lowest BCUT2D eigenvalue weighted by Gasteiger charge is -2.14. The van der Waals surface area contributed by atoms with Crippen LogP contribution in [0.1, 0.15) is 23.6 Å². The number of aromatic nitrogens is 1. The second-order valence-corrected chi connectivity index (χ2v) is 7.54. The molecule has 7 heteroatoms. The Hall–Kier alpha value is -2.70. The molecule has 3 aromatic rings. The number of nitrogens with one attached hydrogen (secondary N) is 2. The molecule has 0 saturated carbocycles. The van der Waals surface area contributed by atoms with Gasteiger partial charge in [-0.15, -0.1) is 11.3 Å². The van der Waals surface area contributed by atoms with Crippen LogP contribution in [0.5, 0.6) is 0 Å². The van der Waals surface area contributed by atoms with Crippen LogP contribution in [0.3, 0.4) is 0 Å². The summed E-state index contributed by atoms with van der Waals surface area (Å²) in [5.74, 6) is -1.34. The van der Waals surface area contributed by atoms with Gasteiger partial charge in [-0.3, -0.25) is 9.59 Å². The van der Waals surface area contributed by atoms with Crippen LogP contribution in [0.15, 0.2) is 54.0 Å². The van der Waals surface area contributed by atoms with Gasteiger partial charge in [0.1, 0.15) is 5.01 Å². The quantitative estimate of drug-likeness (QED) is 0.650. The Morgan fingerprint density at radius 3 is 2.67 bits per heavy atom. The topological polar surface area (TPSA) is 71.1 Å². The maximum atomic E-state index is 12.3. The number of halogens is 1. The molecule has 1 aromatic heterocycles. The number of hydrogen-bond acceptors (Lipinski definition) is 4. The van der Waals surface area contributed by atoms with Gasteiger partial charge in [-0.05, 0) is 54.3 Å². The summed E-state index contributed by atoms with van der Waals surface area (Å²) in [5.41, 5.74) is 3.55. The van der Waals surface area contributed by atoms with Gasteiger partial charge in [-0.25, -0.2) is 4.98 Å². The molecule has 27 heavy (non-hydrogen) atoms. The normalized spacial score (nSPS) is 15.2. The molecule has 4 rings (SSSR count). The fourth-order valence-electron chi connectivity index (χ4n) is 3.23. The van der Waals surface area contributed by atoms with Gasteiger partial charge in [-0.2, -0.15) is 0 Å². The SMILES string of the molecule is O=C(Nc1ccc(-c2nccs2)cc1)C(=O)NC1CCc2c(Cl)cccc21. The van der Waals surface area contributed by atoms with Gasteiger partial charge < -0.3 is 10.6 Å². The first-order valence-corrected chi connectivity index (χ1v) is 9.76. The summed E-state index contributed by atoms with van der Waals surface area (Å²) in [7, 11) is 0. The number of rotatable bonds is 3. The smallest absolute Gasteiger partial charge is 0.313 e. The van der Waals surface area contributed by atoms with Crippen molar-refractivity contribution in [3.05, 3.63) is 70.2 Å². The number of nitrogens with zero attached hydrogens (tertiary/aromatic N) is 1. The fourth-order valence-corrected chi connectivity index (χ4v) is 4.15. The third kappa shape index (κ3) is 3.72. The summed E-state index contributed by atoms with van der Waals surface area (Å²) in [6.07, 6.45) is 3.27. The highest BCUT2D eigenvalue weighted by molar-refractivity contribution is 7.13. The zero-order chi connectivity index (χ0) is 18.8. The van der Waals surface area contributed by atoms with E-state index in [4.69, 9.17) is 11.6 Å². The van der Waals surface area contributed by atoms with Crippen molar-refractivity contribution in [1.29, 1.82) is 0 Å². The molecule has 1 heterocycles. The first kappa shape index (κ1) is 17.7. The van der Waals surface area contributed by atoms with Gasteiger partial charge in [0, 0.05) is 27.9 Å². The highest BCUT2D eigenvalue weighted by atomic mass is 35.5. The van der Waals surface area contributed by atoms with Crippen LogP contribution in [-0.4, -0.2) is 16.8 Å². The van der Waals surface area contributed by atoms with E-state index >= 15 is 0 Å². The van der Waals surface area contributed by atoms with Gasteiger partial charge in [-0.1, -0.05) is 23.7 Å². The standard InChI is InChI=1S/C20H16ClN3O2S/c21-16-3-1-2-15-14(16)8-9-17(15)24-19(26)18(25)23-13-6-4-12(5-7-13)20-22-10-11-27-20/h1-7,10-11,17H,8-9H2,(H,23,25)(H,24,26). The Morgan fingerprint density at radius 1 is 1.11 bits per heavy atom. The number of amides is 2. The molecule has 0 radical (unpaired) electrons. The monoisotopic (exact) mass is 397 g/mol. The summed E-state index contributed by atoms with van der Waals surface area (Å²) < 4.78 is 0. The lowest BCUT2D eigenvalue weighted by atomic mass is 10.1. The molecule has 1 atom stereocenters. The molecule has 1 unspecified atom stereocenters. The minimum Gasteiger partial charge on any atom is -0.341 e. The van der Waals surface area contributed by atoms with Crippen LogP contribution in [0.4, 0.5) is 5.69 Å². The molecule has 0 fully saturated rings. The number of carbonyl (C=O) groups excluding carboxylic acids is 2. The van der Waals surface area contributed by atoms with E-state index in [0.717, 1.165) is 34.5 Å². The van der Waals surface area contributed by atoms with E-state index in [2.05, 4.69) is 15.6 Å². The number of thiazole rings is 1. The van der Waals surface area contributed by atoms with Crippen molar-refractivity contribution in [3.63, 3.8) is 0 Å². The maximum Gasteiger partial charge on any atom is 0.313 e. The summed E-state index contributed by atoms with van der Waals surface area (Å²) >= 11 is 7.74. The maximum absolute atomic E-state index is 12.3. The largest absolute Gasteiger partial charge is 0.341 e. The van der Waals surface area contributed by atoms with E-state index in [1.807, 2.05) is 35.7 Å². The summed E-state index contributed by atoms with van der Waals surface area (Å²) in [4.78, 5) is 28.8. The predicted molar refractivity (Wildman–Crippen MR) is 107 cm³/mol. The average molecular weight is 398 g/mol. The van der Waals surface area contributed by atoms with Gasteiger partial charge >= 0.3 is 11.8 Å². The third-order valence-corrected chi connectivity index (χ3v) is 5.72. The molecular formula is C20H16ClN3O2S. The van der Waals surface area contributed by atoms with Crippen molar-refractivity contribution < 1.29 is 9.59 Å². The van der Waals surface area contributed by atoms with E-state index in [1.54, 1.807) is 29.7 Å². The van der Waals surface area contributed by atoms with E-state index in [9.17, 15) is 9.59 Å². The van der Waals surface area contributed by atoms with Crippen LogP contribution < -0.4 is 10.6 Å². The van der Waals surface area contributed by atoms with Crippen LogP contribution in [0.25, 0.3) is 10.6 Å². The Bertz CT molecular complexity index is 987. The third-order valence-electron chi connectivity index (χ3n) is 4.55. The van der Waals surface area contributed by atoms with Crippen LogP contribution in [0.2, 0.25) is 5.02 Å². The second kappa shape index (κ2) is 7.50. The van der Waals surface area contributed by atoms with Crippen LogP contribution in [-0.2, 0) is 16.0 Å². The minimum absolute atomic E-state index is 0.191. The number of benzene rings is 2. The summed E-state index contributed by atoms with van der Waals surface area (Å²) in [5, 5.41) is 8.94. The molecule has 1 aliphatic rings. The highest BCUT2D eigenvalue weighted by Gasteiger charge is 2.27. The minimum atomic E-state index is -0.688. The summed E-state index contributed by atoms with van der Waals surface area (Å²) in [6.45, 7) is 0. The first-order valence-electron chi connectivity index (χ1n) is 8.51.